The molecule has 80 valence electrons. The lowest BCUT2D eigenvalue weighted by Gasteiger charge is -2.25. The van der Waals surface area contributed by atoms with Gasteiger partial charge < -0.3 is 9.84 Å². The minimum absolute atomic E-state index is 0.158. The van der Waals surface area contributed by atoms with E-state index >= 15 is 0 Å². The Kier molecular flexibility index (Phi) is 3.23. The predicted molar refractivity (Wildman–Crippen MR) is 57.1 cm³/mol. The van der Waals surface area contributed by atoms with Gasteiger partial charge in [-0.3, -0.25) is 0 Å². The van der Waals surface area contributed by atoms with E-state index in [1.54, 1.807) is 17.8 Å². The molecule has 0 bridgehead atoms. The summed E-state index contributed by atoms with van der Waals surface area (Å²) in [6.07, 6.45) is 1.50. The van der Waals surface area contributed by atoms with Gasteiger partial charge in [-0.25, -0.2) is 9.78 Å². The Labute approximate surface area is 91.7 Å². The minimum atomic E-state index is -0.962. The van der Waals surface area contributed by atoms with Gasteiger partial charge in [0.15, 0.2) is 5.69 Å². The second-order valence-electron chi connectivity index (χ2n) is 3.29. The second-order valence-corrected chi connectivity index (χ2v) is 4.58. The lowest BCUT2D eigenvalue weighted by atomic mass is 10.2. The number of carbonyl (C=O) groups is 1. The van der Waals surface area contributed by atoms with E-state index < -0.39 is 5.97 Å². The van der Waals surface area contributed by atoms with Gasteiger partial charge in [-0.2, -0.15) is 0 Å². The summed E-state index contributed by atoms with van der Waals surface area (Å²) in [6, 6.07) is 3.57. The summed E-state index contributed by atoms with van der Waals surface area (Å²) in [5, 5.41) is 9.41. The van der Waals surface area contributed by atoms with Gasteiger partial charge in [-0.05, 0) is 11.6 Å². The molecule has 1 N–H and O–H groups in total. The Morgan fingerprint density at radius 3 is 3.07 bits per heavy atom. The zero-order valence-electron chi connectivity index (χ0n) is 8.05. The van der Waals surface area contributed by atoms with Crippen molar-refractivity contribution in [2.45, 2.75) is 11.0 Å². The third-order valence-electron chi connectivity index (χ3n) is 2.18. The molecule has 0 amide bonds. The monoisotopic (exact) mass is 225 g/mol. The summed E-state index contributed by atoms with van der Waals surface area (Å²) in [4.78, 5) is 14.7. The zero-order chi connectivity index (χ0) is 10.7. The molecular formula is C10H11NO3S. The summed E-state index contributed by atoms with van der Waals surface area (Å²) in [6.45, 7) is 1.54. The van der Waals surface area contributed by atoms with Crippen LogP contribution in [0.2, 0.25) is 0 Å². The van der Waals surface area contributed by atoms with Crippen molar-refractivity contribution in [1.29, 1.82) is 0 Å². The minimum Gasteiger partial charge on any atom is -0.477 e. The first-order chi connectivity index (χ1) is 7.27. The van der Waals surface area contributed by atoms with E-state index in [0.29, 0.717) is 11.0 Å². The number of aromatic carboxylic acids is 1. The fourth-order valence-corrected chi connectivity index (χ4v) is 2.30. The molecule has 2 rings (SSSR count). The number of hydrogen-bond donors (Lipinski definition) is 1. The van der Waals surface area contributed by atoms with E-state index in [-0.39, 0.29) is 5.69 Å². The topological polar surface area (TPSA) is 59.4 Å². The molecule has 0 radical (unpaired) electrons. The average Bonchev–Trinajstić information content (AvgIpc) is 2.16. The lowest BCUT2D eigenvalue weighted by Crippen LogP contribution is -2.30. The first kappa shape index (κ1) is 10.4. The number of thioether (sulfide) groups is 1. The fourth-order valence-electron chi connectivity index (χ4n) is 1.27. The Hall–Kier alpha value is -1.07. The van der Waals surface area contributed by atoms with Crippen molar-refractivity contribution in [1.82, 2.24) is 4.98 Å². The second kappa shape index (κ2) is 4.63. The molecule has 0 aromatic carbocycles. The van der Waals surface area contributed by atoms with Crippen molar-refractivity contribution in [2.24, 2.45) is 0 Å². The molecule has 15 heavy (non-hydrogen) atoms. The summed E-state index contributed by atoms with van der Waals surface area (Å²) in [5.41, 5.74) is 0.937. The average molecular weight is 225 g/mol. The zero-order valence-corrected chi connectivity index (χ0v) is 8.87. The standard InChI is InChI=1S/C10H11NO3S/c12-10(13)9-7(2-1-3-11-9)6-15-8-4-14-5-8/h1-3,8H,4-6H2,(H,12,13). The number of ether oxygens (including phenoxy) is 1. The molecule has 0 saturated carbocycles. The highest BCUT2D eigenvalue weighted by molar-refractivity contribution is 7.99. The first-order valence-electron chi connectivity index (χ1n) is 4.64. The van der Waals surface area contributed by atoms with E-state index in [1.807, 2.05) is 6.07 Å². The normalized spacial score (nSPS) is 16.0. The van der Waals surface area contributed by atoms with Crippen LogP contribution >= 0.6 is 11.8 Å². The van der Waals surface area contributed by atoms with Crippen molar-refractivity contribution in [3.63, 3.8) is 0 Å². The van der Waals surface area contributed by atoms with Gasteiger partial charge in [-0.15, -0.1) is 11.8 Å². The molecule has 1 aromatic heterocycles. The van der Waals surface area contributed by atoms with Crippen LogP contribution in [-0.4, -0.2) is 34.5 Å². The maximum atomic E-state index is 10.9. The van der Waals surface area contributed by atoms with Crippen LogP contribution in [-0.2, 0) is 10.5 Å². The van der Waals surface area contributed by atoms with Gasteiger partial charge in [0.05, 0.1) is 18.5 Å². The number of hydrogen-bond acceptors (Lipinski definition) is 4. The van der Waals surface area contributed by atoms with Crippen molar-refractivity contribution in [3.05, 3.63) is 29.6 Å². The molecular weight excluding hydrogens is 214 g/mol. The molecule has 0 spiro atoms. The van der Waals surface area contributed by atoms with Crippen LogP contribution in [0.4, 0.5) is 0 Å². The van der Waals surface area contributed by atoms with Gasteiger partial charge in [0.2, 0.25) is 0 Å². The molecule has 0 aliphatic carbocycles. The Balaban J connectivity index is 2.02. The van der Waals surface area contributed by atoms with Crippen LogP contribution in [0.5, 0.6) is 0 Å². The largest absolute Gasteiger partial charge is 0.477 e. The third kappa shape index (κ3) is 2.49. The smallest absolute Gasteiger partial charge is 0.354 e. The van der Waals surface area contributed by atoms with Crippen LogP contribution in [0, 0.1) is 0 Å². The number of rotatable bonds is 4. The van der Waals surface area contributed by atoms with E-state index in [0.717, 1.165) is 18.8 Å². The fraction of sp³-hybridized carbons (Fsp3) is 0.400. The van der Waals surface area contributed by atoms with Crippen LogP contribution in [0.3, 0.4) is 0 Å². The highest BCUT2D eigenvalue weighted by Gasteiger charge is 2.20. The Morgan fingerprint density at radius 1 is 1.67 bits per heavy atom. The van der Waals surface area contributed by atoms with Crippen LogP contribution in [0.15, 0.2) is 18.3 Å². The maximum Gasteiger partial charge on any atom is 0.354 e. The highest BCUT2D eigenvalue weighted by Crippen LogP contribution is 2.24. The summed E-state index contributed by atoms with van der Waals surface area (Å²) in [7, 11) is 0. The van der Waals surface area contributed by atoms with Crippen molar-refractivity contribution in [2.75, 3.05) is 13.2 Å². The number of carboxylic acids is 1. The highest BCUT2D eigenvalue weighted by atomic mass is 32.2. The molecule has 2 heterocycles. The molecule has 1 fully saturated rings. The SMILES string of the molecule is O=C(O)c1ncccc1CSC1COC1. The number of carboxylic acid groups (broad SMARTS) is 1. The van der Waals surface area contributed by atoms with Crippen molar-refractivity contribution in [3.8, 4) is 0 Å². The molecule has 4 nitrogen and oxygen atoms in total. The summed E-state index contributed by atoms with van der Waals surface area (Å²) in [5.74, 6) is -0.278. The van der Waals surface area contributed by atoms with Gasteiger partial charge in [0.25, 0.3) is 0 Å². The summed E-state index contributed by atoms with van der Waals surface area (Å²) < 4.78 is 5.05. The van der Waals surface area contributed by atoms with E-state index in [9.17, 15) is 4.79 Å². The molecule has 0 unspecified atom stereocenters. The first-order valence-corrected chi connectivity index (χ1v) is 5.69. The molecule has 1 aromatic rings. The van der Waals surface area contributed by atoms with Crippen LogP contribution in [0.25, 0.3) is 0 Å². The lowest BCUT2D eigenvalue weighted by molar-refractivity contribution is 0.0455. The Morgan fingerprint density at radius 2 is 2.47 bits per heavy atom. The van der Waals surface area contributed by atoms with Gasteiger partial charge in [-0.1, -0.05) is 6.07 Å². The Bertz CT molecular complexity index is 365. The number of aromatic nitrogens is 1. The number of pyridine rings is 1. The third-order valence-corrected chi connectivity index (χ3v) is 3.40. The maximum absolute atomic E-state index is 10.9. The number of nitrogens with zero attached hydrogens (tertiary/aromatic N) is 1. The van der Waals surface area contributed by atoms with Gasteiger partial charge >= 0.3 is 5.97 Å². The molecule has 0 atom stereocenters. The van der Waals surface area contributed by atoms with Gasteiger partial charge in [0, 0.05) is 11.9 Å². The predicted octanol–water partition coefficient (Wildman–Crippen LogP) is 1.41. The molecule has 1 aliphatic rings. The quantitative estimate of drug-likeness (QED) is 0.839. The van der Waals surface area contributed by atoms with Crippen molar-refractivity contribution >= 4 is 17.7 Å². The van der Waals surface area contributed by atoms with Crippen molar-refractivity contribution < 1.29 is 14.6 Å². The van der Waals surface area contributed by atoms with E-state index in [1.165, 1.54) is 6.20 Å². The van der Waals surface area contributed by atoms with E-state index in [4.69, 9.17) is 9.84 Å². The van der Waals surface area contributed by atoms with Crippen LogP contribution < -0.4 is 0 Å². The van der Waals surface area contributed by atoms with Gasteiger partial charge in [0.1, 0.15) is 0 Å². The molecule has 1 aliphatic heterocycles. The molecule has 5 heteroatoms. The molecule has 1 saturated heterocycles. The summed E-state index contributed by atoms with van der Waals surface area (Å²) >= 11 is 1.72. The van der Waals surface area contributed by atoms with E-state index in [2.05, 4.69) is 4.98 Å². The van der Waals surface area contributed by atoms with Crippen LogP contribution in [0.1, 0.15) is 16.1 Å².